The molecular formula is C31H36O3. The SMILES string of the molecule is CC1CC(C)C(c2ccc(O)cc2)(C2CCC(c3ccc(O)cc3)(c3ccc(O)cc3)CC2)C1. The zero-order valence-corrected chi connectivity index (χ0v) is 20.2. The maximum absolute atomic E-state index is 9.94. The molecule has 3 aromatic rings. The summed E-state index contributed by atoms with van der Waals surface area (Å²) in [5, 5.41) is 29.8. The van der Waals surface area contributed by atoms with Crippen LogP contribution in [0.1, 0.15) is 69.1 Å². The molecule has 0 heterocycles. The van der Waals surface area contributed by atoms with Crippen LogP contribution in [-0.4, -0.2) is 15.3 Å². The van der Waals surface area contributed by atoms with E-state index in [4.69, 9.17) is 0 Å². The molecule has 0 saturated heterocycles. The van der Waals surface area contributed by atoms with E-state index in [1.54, 1.807) is 24.3 Å². The fourth-order valence-corrected chi connectivity index (χ4v) is 7.58. The van der Waals surface area contributed by atoms with Crippen molar-refractivity contribution in [1.82, 2.24) is 0 Å². The fraction of sp³-hybridized carbons (Fsp3) is 0.419. The molecule has 0 aromatic heterocycles. The summed E-state index contributed by atoms with van der Waals surface area (Å²) in [4.78, 5) is 0. The summed E-state index contributed by atoms with van der Waals surface area (Å²) in [5.41, 5.74) is 3.88. The Morgan fingerprint density at radius 3 is 1.41 bits per heavy atom. The second-order valence-electron chi connectivity index (χ2n) is 11.0. The van der Waals surface area contributed by atoms with Crippen LogP contribution in [0.2, 0.25) is 0 Å². The molecule has 2 aliphatic carbocycles. The van der Waals surface area contributed by atoms with Gasteiger partial charge in [-0.05, 0) is 109 Å². The van der Waals surface area contributed by atoms with E-state index in [1.807, 2.05) is 12.1 Å². The first-order valence-electron chi connectivity index (χ1n) is 12.7. The lowest BCUT2D eigenvalue weighted by atomic mass is 9.54. The molecule has 3 N–H and O–H groups in total. The predicted molar refractivity (Wildman–Crippen MR) is 136 cm³/mol. The highest BCUT2D eigenvalue weighted by atomic mass is 16.3. The molecule has 3 aromatic carbocycles. The van der Waals surface area contributed by atoms with Crippen LogP contribution < -0.4 is 0 Å². The van der Waals surface area contributed by atoms with Gasteiger partial charge >= 0.3 is 0 Å². The van der Waals surface area contributed by atoms with Gasteiger partial charge in [-0.15, -0.1) is 0 Å². The van der Waals surface area contributed by atoms with E-state index in [1.165, 1.54) is 29.5 Å². The molecule has 0 amide bonds. The van der Waals surface area contributed by atoms with E-state index in [0.717, 1.165) is 25.7 Å². The summed E-state index contributed by atoms with van der Waals surface area (Å²) in [6.45, 7) is 4.82. The zero-order valence-electron chi connectivity index (χ0n) is 20.2. The van der Waals surface area contributed by atoms with Gasteiger partial charge in [-0.25, -0.2) is 0 Å². The Hall–Kier alpha value is -2.94. The fourth-order valence-electron chi connectivity index (χ4n) is 7.58. The van der Waals surface area contributed by atoms with Gasteiger partial charge in [0.1, 0.15) is 17.2 Å². The summed E-state index contributed by atoms with van der Waals surface area (Å²) < 4.78 is 0. The number of phenols is 3. The first-order valence-corrected chi connectivity index (χ1v) is 12.7. The second kappa shape index (κ2) is 8.69. The minimum atomic E-state index is -0.124. The van der Waals surface area contributed by atoms with Crippen molar-refractivity contribution < 1.29 is 15.3 Å². The Kier molecular flexibility index (Phi) is 5.83. The maximum atomic E-state index is 9.94. The monoisotopic (exact) mass is 456 g/mol. The summed E-state index contributed by atoms with van der Waals surface area (Å²) in [5.74, 6) is 2.80. The van der Waals surface area contributed by atoms with Gasteiger partial charge in [0.15, 0.2) is 0 Å². The molecule has 0 spiro atoms. The first kappa shape index (κ1) is 22.8. The number of rotatable bonds is 4. The summed E-state index contributed by atoms with van der Waals surface area (Å²) in [7, 11) is 0. The minimum absolute atomic E-state index is 0.124. The molecule has 3 heteroatoms. The Balaban J connectivity index is 1.52. The van der Waals surface area contributed by atoms with Gasteiger partial charge in [-0.2, -0.15) is 0 Å². The van der Waals surface area contributed by atoms with E-state index >= 15 is 0 Å². The number of benzene rings is 3. The summed E-state index contributed by atoms with van der Waals surface area (Å²) >= 11 is 0. The molecule has 0 aliphatic heterocycles. The zero-order chi connectivity index (χ0) is 23.9. The maximum Gasteiger partial charge on any atom is 0.115 e. The summed E-state index contributed by atoms with van der Waals surface area (Å²) in [6, 6.07) is 23.5. The minimum Gasteiger partial charge on any atom is -0.508 e. The topological polar surface area (TPSA) is 60.7 Å². The van der Waals surface area contributed by atoms with Crippen molar-refractivity contribution in [2.75, 3.05) is 0 Å². The number of phenolic OH excluding ortho intramolecular Hbond substituents is 3. The lowest BCUT2D eigenvalue weighted by molar-refractivity contribution is 0.132. The number of hydrogen-bond donors (Lipinski definition) is 3. The second-order valence-corrected chi connectivity index (χ2v) is 11.0. The lowest BCUT2D eigenvalue weighted by Crippen LogP contribution is -2.43. The average molecular weight is 457 g/mol. The third kappa shape index (κ3) is 3.76. The van der Waals surface area contributed by atoms with E-state index in [-0.39, 0.29) is 10.8 Å². The lowest BCUT2D eigenvalue weighted by Gasteiger charge is -2.49. The van der Waals surface area contributed by atoms with Gasteiger partial charge in [0, 0.05) is 10.8 Å². The van der Waals surface area contributed by atoms with Gasteiger partial charge < -0.3 is 15.3 Å². The first-order chi connectivity index (χ1) is 16.3. The molecule has 34 heavy (non-hydrogen) atoms. The van der Waals surface area contributed by atoms with Crippen molar-refractivity contribution in [1.29, 1.82) is 0 Å². The normalized spacial score (nSPS) is 27.0. The molecule has 2 saturated carbocycles. The number of aromatic hydroxyl groups is 3. The Morgan fingerprint density at radius 2 is 1.03 bits per heavy atom. The van der Waals surface area contributed by atoms with Gasteiger partial charge in [-0.1, -0.05) is 50.2 Å². The van der Waals surface area contributed by atoms with Crippen LogP contribution >= 0.6 is 0 Å². The van der Waals surface area contributed by atoms with E-state index in [2.05, 4.69) is 50.2 Å². The third-order valence-corrected chi connectivity index (χ3v) is 9.13. The van der Waals surface area contributed by atoms with Crippen LogP contribution in [0, 0.1) is 17.8 Å². The van der Waals surface area contributed by atoms with Gasteiger partial charge in [-0.3, -0.25) is 0 Å². The van der Waals surface area contributed by atoms with Crippen molar-refractivity contribution in [3.63, 3.8) is 0 Å². The van der Waals surface area contributed by atoms with Gasteiger partial charge in [0.05, 0.1) is 0 Å². The molecule has 5 rings (SSSR count). The van der Waals surface area contributed by atoms with Crippen molar-refractivity contribution in [2.45, 2.75) is 63.2 Å². The van der Waals surface area contributed by atoms with Crippen molar-refractivity contribution in [2.24, 2.45) is 17.8 Å². The Bertz CT molecular complexity index is 1060. The standard InChI is InChI=1S/C31H36O3/c1-21-19-22(2)31(20-21,25-7-13-29(34)14-8-25)26-15-17-30(18-16-26,23-3-9-27(32)10-4-23)24-5-11-28(33)12-6-24/h3-14,21-22,26,32-34H,15-20H2,1-2H3. The molecule has 3 atom stereocenters. The third-order valence-electron chi connectivity index (χ3n) is 9.13. The smallest absolute Gasteiger partial charge is 0.115 e. The van der Waals surface area contributed by atoms with Crippen LogP contribution in [0.15, 0.2) is 72.8 Å². The molecule has 0 radical (unpaired) electrons. The van der Waals surface area contributed by atoms with Crippen molar-refractivity contribution in [3.8, 4) is 17.2 Å². The van der Waals surface area contributed by atoms with Crippen LogP contribution in [-0.2, 0) is 10.8 Å². The van der Waals surface area contributed by atoms with Crippen LogP contribution in [0.3, 0.4) is 0 Å². The predicted octanol–water partition coefficient (Wildman–Crippen LogP) is 7.28. The average Bonchev–Trinajstić information content (AvgIpc) is 3.15. The summed E-state index contributed by atoms with van der Waals surface area (Å²) in [6.07, 6.45) is 6.77. The van der Waals surface area contributed by atoms with E-state index in [9.17, 15) is 15.3 Å². The molecule has 3 unspecified atom stereocenters. The van der Waals surface area contributed by atoms with Crippen LogP contribution in [0.5, 0.6) is 17.2 Å². The molecule has 2 aliphatic rings. The molecule has 178 valence electrons. The quantitative estimate of drug-likeness (QED) is 0.386. The van der Waals surface area contributed by atoms with Crippen molar-refractivity contribution >= 4 is 0 Å². The van der Waals surface area contributed by atoms with Gasteiger partial charge in [0.25, 0.3) is 0 Å². The molecular weight excluding hydrogens is 420 g/mol. The van der Waals surface area contributed by atoms with E-state index in [0.29, 0.717) is 35.0 Å². The largest absolute Gasteiger partial charge is 0.508 e. The molecule has 3 nitrogen and oxygen atoms in total. The highest BCUT2D eigenvalue weighted by Gasteiger charge is 2.52. The van der Waals surface area contributed by atoms with Crippen LogP contribution in [0.4, 0.5) is 0 Å². The van der Waals surface area contributed by atoms with Crippen LogP contribution in [0.25, 0.3) is 0 Å². The highest BCUT2D eigenvalue weighted by molar-refractivity contribution is 5.44. The van der Waals surface area contributed by atoms with Gasteiger partial charge in [0.2, 0.25) is 0 Å². The highest BCUT2D eigenvalue weighted by Crippen LogP contribution is 2.59. The Morgan fingerprint density at radius 1 is 0.618 bits per heavy atom. The number of hydrogen-bond acceptors (Lipinski definition) is 3. The Labute approximate surface area is 203 Å². The van der Waals surface area contributed by atoms with E-state index < -0.39 is 0 Å². The van der Waals surface area contributed by atoms with Crippen molar-refractivity contribution in [3.05, 3.63) is 89.5 Å². The molecule has 0 bridgehead atoms. The molecule has 2 fully saturated rings.